The molecule has 1 aromatic carbocycles. The molecular weight excluding hydrogens is 257 g/mol. The minimum atomic E-state index is -0.642. The molecule has 0 aliphatic heterocycles. The third-order valence-corrected chi connectivity index (χ3v) is 3.15. The number of nitrogens with one attached hydrogen (secondary N) is 1. The van der Waals surface area contributed by atoms with Crippen LogP contribution >= 0.6 is 0 Å². The van der Waals surface area contributed by atoms with E-state index in [1.807, 2.05) is 0 Å². The number of rotatable bonds is 9. The van der Waals surface area contributed by atoms with Gasteiger partial charge < -0.3 is 15.2 Å². The fourth-order valence-corrected chi connectivity index (χ4v) is 1.83. The van der Waals surface area contributed by atoms with Crippen LogP contribution in [-0.4, -0.2) is 30.4 Å². The first-order chi connectivity index (χ1) is 9.49. The van der Waals surface area contributed by atoms with Crippen LogP contribution in [0.25, 0.3) is 0 Å². The highest BCUT2D eigenvalue weighted by atomic mass is 19.1. The predicted molar refractivity (Wildman–Crippen MR) is 79.4 cm³/mol. The second-order valence-corrected chi connectivity index (χ2v) is 5.68. The van der Waals surface area contributed by atoms with E-state index < -0.39 is 11.9 Å². The summed E-state index contributed by atoms with van der Waals surface area (Å²) in [6, 6.07) is 6.57. The molecule has 0 radical (unpaired) electrons. The van der Waals surface area contributed by atoms with E-state index in [-0.39, 0.29) is 12.4 Å². The maximum atomic E-state index is 13.3. The number of aliphatic hydroxyl groups excluding tert-OH is 1. The number of hydrogen-bond donors (Lipinski definition) is 2. The molecular formula is C16H26FNO2. The summed E-state index contributed by atoms with van der Waals surface area (Å²) < 4.78 is 18.6. The van der Waals surface area contributed by atoms with Crippen LogP contribution in [0.4, 0.5) is 4.39 Å². The van der Waals surface area contributed by atoms with Crippen LogP contribution in [0.5, 0.6) is 5.75 Å². The summed E-state index contributed by atoms with van der Waals surface area (Å²) in [6.45, 7) is 7.04. The molecule has 0 saturated heterocycles. The van der Waals surface area contributed by atoms with Gasteiger partial charge in [0.25, 0.3) is 0 Å². The molecule has 2 atom stereocenters. The number of aliphatic hydroxyl groups is 1. The van der Waals surface area contributed by atoms with Crippen LogP contribution in [0.2, 0.25) is 0 Å². The largest absolute Gasteiger partial charge is 0.488 e. The summed E-state index contributed by atoms with van der Waals surface area (Å²) in [5.74, 6) is 0.464. The Bertz CT molecular complexity index is 384. The molecule has 20 heavy (non-hydrogen) atoms. The SMILES string of the molecule is CC(C)CCC(C)NCC(O)COc1ccccc1F. The number of para-hydroxylation sites is 1. The summed E-state index contributed by atoms with van der Waals surface area (Å²) in [6.07, 6.45) is 1.60. The zero-order chi connectivity index (χ0) is 15.0. The van der Waals surface area contributed by atoms with E-state index in [9.17, 15) is 9.50 Å². The van der Waals surface area contributed by atoms with E-state index >= 15 is 0 Å². The predicted octanol–water partition coefficient (Wildman–Crippen LogP) is 2.98. The van der Waals surface area contributed by atoms with Gasteiger partial charge in [0.2, 0.25) is 0 Å². The number of hydrogen-bond acceptors (Lipinski definition) is 3. The summed E-state index contributed by atoms with van der Waals surface area (Å²) in [4.78, 5) is 0. The van der Waals surface area contributed by atoms with Crippen molar-refractivity contribution < 1.29 is 14.2 Å². The van der Waals surface area contributed by atoms with Gasteiger partial charge in [0.1, 0.15) is 12.7 Å². The smallest absolute Gasteiger partial charge is 0.165 e. The van der Waals surface area contributed by atoms with Gasteiger partial charge in [0.15, 0.2) is 11.6 Å². The fraction of sp³-hybridized carbons (Fsp3) is 0.625. The van der Waals surface area contributed by atoms with Gasteiger partial charge in [-0.1, -0.05) is 26.0 Å². The molecule has 0 amide bonds. The Balaban J connectivity index is 2.20. The first-order valence-corrected chi connectivity index (χ1v) is 7.27. The van der Waals surface area contributed by atoms with Gasteiger partial charge in [-0.2, -0.15) is 0 Å². The molecule has 2 N–H and O–H groups in total. The lowest BCUT2D eigenvalue weighted by molar-refractivity contribution is 0.101. The lowest BCUT2D eigenvalue weighted by atomic mass is 10.0. The summed E-state index contributed by atoms with van der Waals surface area (Å²) in [7, 11) is 0. The van der Waals surface area contributed by atoms with Gasteiger partial charge >= 0.3 is 0 Å². The molecule has 1 aromatic rings. The van der Waals surface area contributed by atoms with Crippen molar-refractivity contribution in [2.75, 3.05) is 13.2 Å². The monoisotopic (exact) mass is 283 g/mol. The Hall–Kier alpha value is -1.13. The van der Waals surface area contributed by atoms with Crippen LogP contribution in [0.15, 0.2) is 24.3 Å². The normalized spacial score (nSPS) is 14.3. The Labute approximate surface area is 121 Å². The van der Waals surface area contributed by atoms with Gasteiger partial charge in [-0.25, -0.2) is 4.39 Å². The molecule has 0 saturated carbocycles. The lowest BCUT2D eigenvalue weighted by Gasteiger charge is -2.18. The standard InChI is InChI=1S/C16H26FNO2/c1-12(2)8-9-13(3)18-10-14(19)11-20-16-7-5-4-6-15(16)17/h4-7,12-14,18-19H,8-11H2,1-3H3. The minimum absolute atomic E-state index is 0.0881. The van der Waals surface area contributed by atoms with E-state index in [1.54, 1.807) is 18.2 Å². The topological polar surface area (TPSA) is 41.5 Å². The second-order valence-electron chi connectivity index (χ2n) is 5.68. The fourth-order valence-electron chi connectivity index (χ4n) is 1.83. The van der Waals surface area contributed by atoms with Crippen LogP contribution in [0.1, 0.15) is 33.6 Å². The van der Waals surface area contributed by atoms with Crippen molar-refractivity contribution in [1.29, 1.82) is 0 Å². The van der Waals surface area contributed by atoms with Crippen molar-refractivity contribution in [1.82, 2.24) is 5.32 Å². The highest BCUT2D eigenvalue weighted by Crippen LogP contribution is 2.15. The van der Waals surface area contributed by atoms with E-state index in [4.69, 9.17) is 4.74 Å². The van der Waals surface area contributed by atoms with E-state index in [0.29, 0.717) is 18.5 Å². The molecule has 0 aliphatic carbocycles. The maximum absolute atomic E-state index is 13.3. The van der Waals surface area contributed by atoms with Crippen molar-refractivity contribution in [2.45, 2.75) is 45.8 Å². The van der Waals surface area contributed by atoms with Crippen molar-refractivity contribution in [3.63, 3.8) is 0 Å². The molecule has 0 spiro atoms. The zero-order valence-corrected chi connectivity index (χ0v) is 12.6. The quantitative estimate of drug-likeness (QED) is 0.732. The van der Waals surface area contributed by atoms with Gasteiger partial charge in [-0.3, -0.25) is 0 Å². The molecule has 2 unspecified atom stereocenters. The van der Waals surface area contributed by atoms with Crippen molar-refractivity contribution in [3.05, 3.63) is 30.1 Å². The number of halogens is 1. The third-order valence-electron chi connectivity index (χ3n) is 3.15. The molecule has 0 fully saturated rings. The average Bonchev–Trinajstić information content (AvgIpc) is 2.42. The van der Waals surface area contributed by atoms with E-state index in [1.165, 1.54) is 6.07 Å². The highest BCUT2D eigenvalue weighted by molar-refractivity contribution is 5.23. The van der Waals surface area contributed by atoms with Gasteiger partial charge in [0.05, 0.1) is 0 Å². The molecule has 0 heterocycles. The van der Waals surface area contributed by atoms with Crippen molar-refractivity contribution >= 4 is 0 Å². The van der Waals surface area contributed by atoms with Crippen molar-refractivity contribution in [3.8, 4) is 5.75 Å². The summed E-state index contributed by atoms with van der Waals surface area (Å²) in [5.41, 5.74) is 0. The van der Waals surface area contributed by atoms with Gasteiger partial charge in [0, 0.05) is 12.6 Å². The molecule has 0 aliphatic rings. The Kier molecular flexibility index (Phi) is 7.55. The molecule has 0 aromatic heterocycles. The molecule has 0 bridgehead atoms. The summed E-state index contributed by atoms with van der Waals surface area (Å²) in [5, 5.41) is 13.1. The molecule has 3 nitrogen and oxygen atoms in total. The zero-order valence-electron chi connectivity index (χ0n) is 12.6. The minimum Gasteiger partial charge on any atom is -0.488 e. The van der Waals surface area contributed by atoms with Crippen LogP contribution in [-0.2, 0) is 0 Å². The number of benzene rings is 1. The van der Waals surface area contributed by atoms with E-state index in [0.717, 1.165) is 12.8 Å². The van der Waals surface area contributed by atoms with Crippen molar-refractivity contribution in [2.24, 2.45) is 5.92 Å². The van der Waals surface area contributed by atoms with Crippen LogP contribution in [0, 0.1) is 11.7 Å². The maximum Gasteiger partial charge on any atom is 0.165 e. The number of ether oxygens (including phenoxy) is 1. The molecule has 114 valence electrons. The Morgan fingerprint density at radius 1 is 1.20 bits per heavy atom. The average molecular weight is 283 g/mol. The highest BCUT2D eigenvalue weighted by Gasteiger charge is 2.10. The van der Waals surface area contributed by atoms with Crippen LogP contribution in [0.3, 0.4) is 0 Å². The first kappa shape index (κ1) is 16.9. The van der Waals surface area contributed by atoms with Crippen LogP contribution < -0.4 is 10.1 Å². The Morgan fingerprint density at radius 3 is 2.55 bits per heavy atom. The van der Waals surface area contributed by atoms with Gasteiger partial charge in [-0.15, -0.1) is 0 Å². The van der Waals surface area contributed by atoms with Gasteiger partial charge in [-0.05, 0) is 37.8 Å². The lowest BCUT2D eigenvalue weighted by Crippen LogP contribution is -2.36. The van der Waals surface area contributed by atoms with E-state index in [2.05, 4.69) is 26.1 Å². The summed E-state index contributed by atoms with van der Waals surface area (Å²) >= 11 is 0. The first-order valence-electron chi connectivity index (χ1n) is 7.27. The molecule has 4 heteroatoms. The second kappa shape index (κ2) is 8.93. The third kappa shape index (κ3) is 6.87. The molecule has 1 rings (SSSR count). The Morgan fingerprint density at radius 2 is 1.90 bits per heavy atom.